The molecule has 1 aliphatic rings. The lowest BCUT2D eigenvalue weighted by Gasteiger charge is -2.11. The first-order chi connectivity index (χ1) is 16.1. The number of rotatable bonds is 8. The fourth-order valence-electron chi connectivity index (χ4n) is 3.27. The van der Waals surface area contributed by atoms with Crippen LogP contribution in [0, 0.1) is 0 Å². The van der Waals surface area contributed by atoms with Gasteiger partial charge in [-0.05, 0) is 54.1 Å². The molecule has 8 heteroatoms. The van der Waals surface area contributed by atoms with Crippen molar-refractivity contribution in [2.75, 3.05) is 35.9 Å². The molecule has 0 unspecified atom stereocenters. The lowest BCUT2D eigenvalue weighted by atomic mass is 10.2. The highest BCUT2D eigenvalue weighted by Crippen LogP contribution is 2.45. The normalized spacial score (nSPS) is 13.4. The van der Waals surface area contributed by atoms with E-state index in [0.717, 1.165) is 0 Å². The standard InChI is InChI=1S/C25H24N2O4S2/c1-30-22-5-3-2-4-21(22)27-24(29)17-6-10-19(11-7-17)26-23(28)16-31-20-12-8-18(9-13-20)25-32-14-15-33-25/h2-13,25H,14-16H2,1H3,(H,26,28)(H,27,29). The predicted molar refractivity (Wildman–Crippen MR) is 136 cm³/mol. The van der Waals surface area contributed by atoms with Gasteiger partial charge in [0.15, 0.2) is 6.61 Å². The van der Waals surface area contributed by atoms with Crippen molar-refractivity contribution in [1.29, 1.82) is 0 Å². The number of para-hydroxylation sites is 2. The molecule has 1 heterocycles. The van der Waals surface area contributed by atoms with Crippen LogP contribution in [0.3, 0.4) is 0 Å². The molecule has 6 nitrogen and oxygen atoms in total. The van der Waals surface area contributed by atoms with Gasteiger partial charge in [-0.25, -0.2) is 0 Å². The smallest absolute Gasteiger partial charge is 0.262 e. The highest BCUT2D eigenvalue weighted by Gasteiger charge is 2.18. The minimum Gasteiger partial charge on any atom is -0.495 e. The van der Waals surface area contributed by atoms with Crippen LogP contribution in [-0.4, -0.2) is 37.0 Å². The Morgan fingerprint density at radius 1 is 0.909 bits per heavy atom. The van der Waals surface area contributed by atoms with Crippen LogP contribution in [0.4, 0.5) is 11.4 Å². The number of benzene rings is 3. The van der Waals surface area contributed by atoms with E-state index >= 15 is 0 Å². The molecule has 0 aliphatic carbocycles. The maximum atomic E-state index is 12.5. The van der Waals surface area contributed by atoms with Gasteiger partial charge in [0.1, 0.15) is 11.5 Å². The van der Waals surface area contributed by atoms with Gasteiger partial charge in [0.25, 0.3) is 11.8 Å². The van der Waals surface area contributed by atoms with Crippen LogP contribution in [0.5, 0.6) is 11.5 Å². The van der Waals surface area contributed by atoms with Crippen molar-refractivity contribution in [3.63, 3.8) is 0 Å². The number of carbonyl (C=O) groups excluding carboxylic acids is 2. The van der Waals surface area contributed by atoms with Crippen LogP contribution in [0.15, 0.2) is 72.8 Å². The maximum Gasteiger partial charge on any atom is 0.262 e. The fourth-order valence-corrected chi connectivity index (χ4v) is 6.12. The number of carbonyl (C=O) groups is 2. The number of nitrogens with one attached hydrogen (secondary N) is 2. The van der Waals surface area contributed by atoms with Gasteiger partial charge >= 0.3 is 0 Å². The number of methoxy groups -OCH3 is 1. The van der Waals surface area contributed by atoms with Gasteiger partial charge in [-0.15, -0.1) is 23.5 Å². The summed E-state index contributed by atoms with van der Waals surface area (Å²) in [6.07, 6.45) is 0. The van der Waals surface area contributed by atoms with E-state index in [1.54, 1.807) is 43.5 Å². The Labute approximate surface area is 201 Å². The summed E-state index contributed by atoms with van der Waals surface area (Å²) in [6, 6.07) is 21.8. The zero-order chi connectivity index (χ0) is 23.0. The third kappa shape index (κ3) is 6.24. The Bertz CT molecular complexity index is 1100. The maximum absolute atomic E-state index is 12.5. The van der Waals surface area contributed by atoms with Crippen LogP contribution < -0.4 is 20.1 Å². The highest BCUT2D eigenvalue weighted by atomic mass is 32.2. The van der Waals surface area contributed by atoms with Crippen LogP contribution in [0.2, 0.25) is 0 Å². The van der Waals surface area contributed by atoms with Crippen LogP contribution in [0.25, 0.3) is 0 Å². The van der Waals surface area contributed by atoms with Crippen molar-refractivity contribution in [3.05, 3.63) is 83.9 Å². The predicted octanol–water partition coefficient (Wildman–Crippen LogP) is 5.44. The number of anilines is 2. The molecule has 0 spiro atoms. The molecular formula is C25H24N2O4S2. The van der Waals surface area contributed by atoms with Gasteiger partial charge in [0, 0.05) is 22.8 Å². The quantitative estimate of drug-likeness (QED) is 0.447. The van der Waals surface area contributed by atoms with E-state index in [-0.39, 0.29) is 18.4 Å². The van der Waals surface area contributed by atoms with Crippen LogP contribution in [-0.2, 0) is 4.79 Å². The molecule has 1 aliphatic heterocycles. The van der Waals surface area contributed by atoms with Crippen molar-refractivity contribution in [1.82, 2.24) is 0 Å². The largest absolute Gasteiger partial charge is 0.495 e. The molecule has 0 saturated carbocycles. The minimum absolute atomic E-state index is 0.0949. The second kappa shape index (κ2) is 11.2. The molecule has 0 atom stereocenters. The van der Waals surface area contributed by atoms with E-state index in [9.17, 15) is 9.59 Å². The van der Waals surface area contributed by atoms with Gasteiger partial charge in [0.05, 0.1) is 17.4 Å². The average molecular weight is 481 g/mol. The number of hydrogen-bond donors (Lipinski definition) is 2. The number of thioether (sulfide) groups is 2. The summed E-state index contributed by atoms with van der Waals surface area (Å²) in [7, 11) is 1.55. The summed E-state index contributed by atoms with van der Waals surface area (Å²) < 4.78 is 11.3. The van der Waals surface area contributed by atoms with Crippen molar-refractivity contribution in [3.8, 4) is 11.5 Å². The molecule has 2 amide bonds. The van der Waals surface area contributed by atoms with Crippen LogP contribution >= 0.6 is 23.5 Å². The number of amides is 2. The lowest BCUT2D eigenvalue weighted by Crippen LogP contribution is -2.20. The second-order valence-corrected chi connectivity index (χ2v) is 9.94. The zero-order valence-electron chi connectivity index (χ0n) is 18.1. The van der Waals surface area contributed by atoms with Gasteiger partial charge in [-0.3, -0.25) is 9.59 Å². The van der Waals surface area contributed by atoms with Crippen molar-refractivity contribution >= 4 is 46.7 Å². The van der Waals surface area contributed by atoms with Gasteiger partial charge in [-0.1, -0.05) is 24.3 Å². The third-order valence-corrected chi connectivity index (χ3v) is 8.03. The van der Waals surface area contributed by atoms with E-state index in [0.29, 0.717) is 33.0 Å². The molecule has 170 valence electrons. The van der Waals surface area contributed by atoms with E-state index in [1.807, 2.05) is 47.8 Å². The SMILES string of the molecule is COc1ccccc1NC(=O)c1ccc(NC(=O)COc2ccc(C3SCCS3)cc2)cc1. The van der Waals surface area contributed by atoms with E-state index in [2.05, 4.69) is 22.8 Å². The minimum atomic E-state index is -0.271. The zero-order valence-corrected chi connectivity index (χ0v) is 19.7. The summed E-state index contributed by atoms with van der Waals surface area (Å²) in [5.41, 5.74) is 2.92. The Kier molecular flexibility index (Phi) is 7.80. The first kappa shape index (κ1) is 23.1. The third-order valence-electron chi connectivity index (χ3n) is 4.93. The van der Waals surface area contributed by atoms with Crippen molar-refractivity contribution in [2.45, 2.75) is 4.58 Å². The molecule has 0 bridgehead atoms. The van der Waals surface area contributed by atoms with Gasteiger partial charge < -0.3 is 20.1 Å². The summed E-state index contributed by atoms with van der Waals surface area (Å²) in [6.45, 7) is -0.0949. The topological polar surface area (TPSA) is 76.7 Å². The monoisotopic (exact) mass is 480 g/mol. The fraction of sp³-hybridized carbons (Fsp3) is 0.200. The summed E-state index contributed by atoms with van der Waals surface area (Å²) in [5.74, 6) is 3.07. The van der Waals surface area contributed by atoms with Gasteiger partial charge in [-0.2, -0.15) is 0 Å². The Hall–Kier alpha value is -3.10. The Morgan fingerprint density at radius 2 is 1.61 bits per heavy atom. The molecule has 0 radical (unpaired) electrons. The molecule has 1 saturated heterocycles. The molecular weight excluding hydrogens is 456 g/mol. The molecule has 3 aromatic carbocycles. The average Bonchev–Trinajstić information content (AvgIpc) is 3.39. The first-order valence-electron chi connectivity index (χ1n) is 10.4. The summed E-state index contributed by atoms with van der Waals surface area (Å²) in [5, 5.41) is 5.60. The van der Waals surface area contributed by atoms with Crippen molar-refractivity contribution < 1.29 is 19.1 Å². The number of hydrogen-bond acceptors (Lipinski definition) is 6. The Balaban J connectivity index is 1.27. The van der Waals surface area contributed by atoms with Crippen molar-refractivity contribution in [2.24, 2.45) is 0 Å². The second-order valence-electron chi connectivity index (χ2n) is 7.21. The summed E-state index contributed by atoms with van der Waals surface area (Å²) >= 11 is 3.91. The molecule has 4 rings (SSSR count). The highest BCUT2D eigenvalue weighted by molar-refractivity contribution is 8.19. The number of ether oxygens (including phenoxy) is 2. The molecule has 1 fully saturated rings. The molecule has 2 N–H and O–H groups in total. The van der Waals surface area contributed by atoms with Gasteiger partial charge in [0.2, 0.25) is 0 Å². The van der Waals surface area contributed by atoms with E-state index in [4.69, 9.17) is 9.47 Å². The first-order valence-corrected chi connectivity index (χ1v) is 12.5. The van der Waals surface area contributed by atoms with E-state index < -0.39 is 0 Å². The molecule has 0 aromatic heterocycles. The molecule has 3 aromatic rings. The van der Waals surface area contributed by atoms with E-state index in [1.165, 1.54) is 17.1 Å². The molecule has 33 heavy (non-hydrogen) atoms. The summed E-state index contributed by atoms with van der Waals surface area (Å²) in [4.78, 5) is 24.8. The lowest BCUT2D eigenvalue weighted by molar-refractivity contribution is -0.118. The Morgan fingerprint density at radius 3 is 2.30 bits per heavy atom. The van der Waals surface area contributed by atoms with Crippen LogP contribution in [0.1, 0.15) is 20.5 Å².